The second-order valence-corrected chi connectivity index (χ2v) is 12.3. The van der Waals surface area contributed by atoms with Crippen molar-refractivity contribution in [1.82, 2.24) is 0 Å². The molecule has 2 aromatic carbocycles. The molecule has 1 heterocycles. The molecule has 2 nitrogen and oxygen atoms in total. The van der Waals surface area contributed by atoms with E-state index < -0.39 is 5.63 Å². The summed E-state index contributed by atoms with van der Waals surface area (Å²) in [4.78, 5) is 13.0. The third-order valence-corrected chi connectivity index (χ3v) is 9.26. The lowest BCUT2D eigenvalue weighted by Gasteiger charge is -2.29. The summed E-state index contributed by atoms with van der Waals surface area (Å²) in [5.74, 6) is 1.01. The van der Waals surface area contributed by atoms with Crippen molar-refractivity contribution in [2.24, 2.45) is 5.92 Å². The number of benzene rings is 2. The van der Waals surface area contributed by atoms with Crippen molar-refractivity contribution in [3.8, 4) is 0 Å². The average molecular weight is 535 g/mol. The van der Waals surface area contributed by atoms with Crippen molar-refractivity contribution < 1.29 is 8.81 Å². The van der Waals surface area contributed by atoms with Crippen LogP contribution in [0.2, 0.25) is 0 Å². The van der Waals surface area contributed by atoms with Gasteiger partial charge in [-0.3, -0.25) is 0 Å². The van der Waals surface area contributed by atoms with Crippen LogP contribution >= 0.6 is 0 Å². The lowest BCUT2D eigenvalue weighted by atomic mass is 9.76. The van der Waals surface area contributed by atoms with Crippen molar-refractivity contribution in [3.63, 3.8) is 0 Å². The zero-order valence-corrected chi connectivity index (χ0v) is 24.7. The van der Waals surface area contributed by atoms with Crippen LogP contribution in [-0.4, -0.2) is 0 Å². The lowest BCUT2D eigenvalue weighted by molar-refractivity contribution is 0.302. The van der Waals surface area contributed by atoms with E-state index in [4.69, 9.17) is 4.42 Å². The third kappa shape index (κ3) is 8.18. The van der Waals surface area contributed by atoms with Gasteiger partial charge < -0.3 is 4.42 Å². The molecule has 1 aromatic heterocycles. The van der Waals surface area contributed by atoms with Gasteiger partial charge in [0.25, 0.3) is 0 Å². The molecular formula is C36H51FO2. The Bertz CT molecular complexity index is 1220. The number of fused-ring (bicyclic) bond motifs is 3. The molecule has 0 bridgehead atoms. The molecule has 3 aromatic rings. The molecule has 0 aliphatic heterocycles. The number of halogens is 1. The van der Waals surface area contributed by atoms with Crippen molar-refractivity contribution in [2.75, 3.05) is 0 Å². The second kappa shape index (κ2) is 15.6. The topological polar surface area (TPSA) is 30.2 Å². The molecule has 39 heavy (non-hydrogen) atoms. The fourth-order valence-corrected chi connectivity index (χ4v) is 6.74. The van der Waals surface area contributed by atoms with E-state index in [1.54, 1.807) is 0 Å². The Morgan fingerprint density at radius 2 is 1.33 bits per heavy atom. The van der Waals surface area contributed by atoms with E-state index in [1.807, 2.05) is 24.3 Å². The standard InChI is InChI=1S/C36H51FO2/c1-3-5-7-9-10-11-13-14-16-27-18-20-28(21-19-27)30-23-24-31-32-25-22-29(17-15-12-8-6-4-2)34(37)35(32)39-36(38)33(31)26-30/h22-28H,3-21H2,1-2H3. The summed E-state index contributed by atoms with van der Waals surface area (Å²) in [6, 6.07) is 10.1. The summed E-state index contributed by atoms with van der Waals surface area (Å²) in [5, 5.41) is 2.10. The molecule has 0 amide bonds. The fraction of sp³-hybridized carbons (Fsp3) is 0.639. The Labute approximate surface area is 235 Å². The van der Waals surface area contributed by atoms with Crippen LogP contribution in [0.5, 0.6) is 0 Å². The zero-order chi connectivity index (χ0) is 27.5. The normalized spacial score (nSPS) is 17.8. The largest absolute Gasteiger partial charge is 0.419 e. The van der Waals surface area contributed by atoms with Crippen LogP contribution in [0.25, 0.3) is 21.7 Å². The first-order chi connectivity index (χ1) is 19.1. The molecule has 1 saturated carbocycles. The molecular weight excluding hydrogens is 483 g/mol. The van der Waals surface area contributed by atoms with Gasteiger partial charge in [-0.1, -0.05) is 122 Å². The van der Waals surface area contributed by atoms with Crippen LogP contribution < -0.4 is 5.63 Å². The minimum Gasteiger partial charge on any atom is -0.419 e. The maximum atomic E-state index is 15.3. The van der Waals surface area contributed by atoms with Crippen LogP contribution in [0.1, 0.15) is 146 Å². The number of hydrogen-bond acceptors (Lipinski definition) is 2. The van der Waals surface area contributed by atoms with Crippen molar-refractivity contribution in [1.29, 1.82) is 0 Å². The molecule has 1 aliphatic rings. The monoisotopic (exact) mass is 534 g/mol. The van der Waals surface area contributed by atoms with E-state index >= 15 is 4.39 Å². The highest BCUT2D eigenvalue weighted by Gasteiger charge is 2.23. The first-order valence-electron chi connectivity index (χ1n) is 16.3. The minimum absolute atomic E-state index is 0.118. The molecule has 214 valence electrons. The number of hydrogen-bond donors (Lipinski definition) is 0. The van der Waals surface area contributed by atoms with Crippen molar-refractivity contribution >= 4 is 21.7 Å². The smallest absolute Gasteiger partial charge is 0.344 e. The molecule has 0 unspecified atom stereocenters. The van der Waals surface area contributed by atoms with Crippen LogP contribution in [-0.2, 0) is 6.42 Å². The maximum Gasteiger partial charge on any atom is 0.344 e. The van der Waals surface area contributed by atoms with Crippen LogP contribution in [0, 0.1) is 11.7 Å². The fourth-order valence-electron chi connectivity index (χ4n) is 6.74. The SMILES string of the molecule is CCCCCCCCCCC1CCC(c2ccc3c(c2)c(=O)oc2c(F)c(CCCCCCC)ccc23)CC1. The molecule has 4 rings (SSSR count). The summed E-state index contributed by atoms with van der Waals surface area (Å²) < 4.78 is 20.9. The van der Waals surface area contributed by atoms with Gasteiger partial charge in [0.1, 0.15) is 0 Å². The highest BCUT2D eigenvalue weighted by Crippen LogP contribution is 2.39. The van der Waals surface area contributed by atoms with Crippen molar-refractivity contribution in [3.05, 3.63) is 57.7 Å². The number of rotatable bonds is 16. The zero-order valence-electron chi connectivity index (χ0n) is 24.7. The third-order valence-electron chi connectivity index (χ3n) is 9.26. The van der Waals surface area contributed by atoms with E-state index in [0.29, 0.717) is 28.7 Å². The summed E-state index contributed by atoms with van der Waals surface area (Å²) in [5.41, 5.74) is 1.60. The number of aryl methyl sites for hydroxylation is 1. The Hall–Kier alpha value is -2.16. The van der Waals surface area contributed by atoms with Gasteiger partial charge in [-0.2, -0.15) is 0 Å². The molecule has 0 atom stereocenters. The van der Waals surface area contributed by atoms with Gasteiger partial charge in [-0.05, 0) is 67.6 Å². The molecule has 0 radical (unpaired) electrons. The molecule has 3 heteroatoms. The van der Waals surface area contributed by atoms with Crippen LogP contribution in [0.15, 0.2) is 39.5 Å². The molecule has 0 N–H and O–H groups in total. The summed E-state index contributed by atoms with van der Waals surface area (Å²) in [6.45, 7) is 4.48. The Morgan fingerprint density at radius 3 is 2.03 bits per heavy atom. The Kier molecular flexibility index (Phi) is 11.9. The van der Waals surface area contributed by atoms with E-state index in [1.165, 1.54) is 108 Å². The summed E-state index contributed by atoms with van der Waals surface area (Å²) in [7, 11) is 0. The lowest BCUT2D eigenvalue weighted by Crippen LogP contribution is -2.14. The van der Waals surface area contributed by atoms with Gasteiger partial charge in [0.15, 0.2) is 11.4 Å². The summed E-state index contributed by atoms with van der Waals surface area (Å²) >= 11 is 0. The van der Waals surface area contributed by atoms with Gasteiger partial charge >= 0.3 is 5.63 Å². The molecule has 1 aliphatic carbocycles. The van der Waals surface area contributed by atoms with Gasteiger partial charge in [-0.25, -0.2) is 9.18 Å². The van der Waals surface area contributed by atoms with Gasteiger partial charge in [0.2, 0.25) is 0 Å². The van der Waals surface area contributed by atoms with Crippen LogP contribution in [0.4, 0.5) is 4.39 Å². The maximum absolute atomic E-state index is 15.3. The first kappa shape index (κ1) is 29.8. The minimum atomic E-state index is -0.415. The predicted octanol–water partition coefficient (Wildman–Crippen LogP) is 11.4. The van der Waals surface area contributed by atoms with Gasteiger partial charge in [-0.15, -0.1) is 0 Å². The van der Waals surface area contributed by atoms with E-state index in [-0.39, 0.29) is 11.4 Å². The molecule has 0 saturated heterocycles. The van der Waals surface area contributed by atoms with Gasteiger partial charge in [0, 0.05) is 10.8 Å². The van der Waals surface area contributed by atoms with Crippen LogP contribution in [0.3, 0.4) is 0 Å². The van der Waals surface area contributed by atoms with Gasteiger partial charge in [0.05, 0.1) is 5.39 Å². The van der Waals surface area contributed by atoms with E-state index in [9.17, 15) is 4.79 Å². The Morgan fingerprint density at radius 1 is 0.718 bits per heavy atom. The highest BCUT2D eigenvalue weighted by atomic mass is 19.1. The Balaban J connectivity index is 1.33. The predicted molar refractivity (Wildman–Crippen MR) is 164 cm³/mol. The van der Waals surface area contributed by atoms with E-state index in [0.717, 1.165) is 24.1 Å². The quantitative estimate of drug-likeness (QED) is 0.104. The molecule has 1 fully saturated rings. The summed E-state index contributed by atoms with van der Waals surface area (Å²) in [6.07, 6.45) is 23.8. The second-order valence-electron chi connectivity index (χ2n) is 12.3. The average Bonchev–Trinajstić information content (AvgIpc) is 2.96. The number of unbranched alkanes of at least 4 members (excludes halogenated alkanes) is 11. The molecule has 0 spiro atoms. The highest BCUT2D eigenvalue weighted by molar-refractivity contribution is 6.04. The van der Waals surface area contributed by atoms with Crippen molar-refractivity contribution in [2.45, 2.75) is 142 Å². The first-order valence-corrected chi connectivity index (χ1v) is 16.3. The van der Waals surface area contributed by atoms with E-state index in [2.05, 4.69) is 19.9 Å².